The number of hydrogen-bond acceptors (Lipinski definition) is 0. The summed E-state index contributed by atoms with van der Waals surface area (Å²) in [6.45, 7) is 4.70. The lowest BCUT2D eigenvalue weighted by Crippen LogP contribution is -2.14. The summed E-state index contributed by atoms with van der Waals surface area (Å²) in [6, 6.07) is 67.1. The van der Waals surface area contributed by atoms with Gasteiger partial charge in [0.2, 0.25) is 0 Å². The molecule has 2 nitrogen and oxygen atoms in total. The normalized spacial score (nSPS) is 13.2. The molecule has 250 valence electrons. The monoisotopic (exact) mass is 676 g/mol. The molecule has 0 atom stereocenters. The van der Waals surface area contributed by atoms with E-state index in [-0.39, 0.29) is 5.41 Å². The molecule has 0 bridgehead atoms. The summed E-state index contributed by atoms with van der Waals surface area (Å²) in [5, 5.41) is 5.05. The van der Waals surface area contributed by atoms with Crippen molar-refractivity contribution in [1.29, 1.82) is 0 Å². The largest absolute Gasteiger partial charge is 0.309 e. The first-order chi connectivity index (χ1) is 26.0. The molecule has 0 saturated heterocycles. The zero-order valence-corrected chi connectivity index (χ0v) is 29.7. The Kier molecular flexibility index (Phi) is 6.33. The van der Waals surface area contributed by atoms with Crippen LogP contribution >= 0.6 is 0 Å². The smallest absolute Gasteiger partial charge is 0.0561 e. The van der Waals surface area contributed by atoms with Gasteiger partial charge in [-0.15, -0.1) is 0 Å². The average Bonchev–Trinajstić information content (AvgIpc) is 3.81. The van der Waals surface area contributed by atoms with Crippen molar-refractivity contribution in [2.45, 2.75) is 19.3 Å². The summed E-state index contributed by atoms with van der Waals surface area (Å²) in [5.74, 6) is 0. The molecular weight excluding hydrogens is 641 g/mol. The third-order valence-corrected chi connectivity index (χ3v) is 11.7. The van der Waals surface area contributed by atoms with Gasteiger partial charge in [-0.3, -0.25) is 0 Å². The molecule has 10 aromatic rings. The van der Waals surface area contributed by atoms with Gasteiger partial charge in [-0.25, -0.2) is 0 Å². The molecule has 0 radical (unpaired) electrons. The Balaban J connectivity index is 1.00. The quantitative estimate of drug-likeness (QED) is 0.176. The second-order valence-corrected chi connectivity index (χ2v) is 15.0. The van der Waals surface area contributed by atoms with Gasteiger partial charge in [0.1, 0.15) is 0 Å². The fourth-order valence-corrected chi connectivity index (χ4v) is 9.14. The van der Waals surface area contributed by atoms with Gasteiger partial charge >= 0.3 is 0 Å². The maximum atomic E-state index is 2.42. The fourth-order valence-electron chi connectivity index (χ4n) is 9.14. The molecule has 0 amide bonds. The van der Waals surface area contributed by atoms with Crippen LogP contribution in [0.1, 0.15) is 25.0 Å². The minimum atomic E-state index is -0.0214. The van der Waals surface area contributed by atoms with Crippen LogP contribution in [0.3, 0.4) is 0 Å². The van der Waals surface area contributed by atoms with E-state index in [2.05, 4.69) is 205 Å². The van der Waals surface area contributed by atoms with E-state index in [1.165, 1.54) is 88.1 Å². The summed E-state index contributed by atoms with van der Waals surface area (Å²) in [6.07, 6.45) is 0. The molecule has 8 aromatic carbocycles. The molecular formula is C51H36N2. The van der Waals surface area contributed by atoms with E-state index >= 15 is 0 Å². The lowest BCUT2D eigenvalue weighted by Gasteiger charge is -2.22. The van der Waals surface area contributed by atoms with Crippen LogP contribution in [0.25, 0.3) is 88.4 Å². The van der Waals surface area contributed by atoms with Crippen LogP contribution in [0, 0.1) is 0 Å². The molecule has 1 aliphatic rings. The van der Waals surface area contributed by atoms with Crippen molar-refractivity contribution in [3.63, 3.8) is 0 Å². The molecule has 2 aromatic heterocycles. The number of nitrogens with zero attached hydrogens (tertiary/aromatic N) is 2. The van der Waals surface area contributed by atoms with Gasteiger partial charge < -0.3 is 9.13 Å². The highest BCUT2D eigenvalue weighted by Crippen LogP contribution is 2.49. The zero-order chi connectivity index (χ0) is 35.3. The van der Waals surface area contributed by atoms with Gasteiger partial charge in [0.05, 0.1) is 22.1 Å². The first-order valence-corrected chi connectivity index (χ1v) is 18.5. The van der Waals surface area contributed by atoms with Crippen molar-refractivity contribution in [3.8, 4) is 44.8 Å². The molecule has 0 spiro atoms. The van der Waals surface area contributed by atoms with Crippen LogP contribution in [0.15, 0.2) is 182 Å². The van der Waals surface area contributed by atoms with E-state index in [9.17, 15) is 0 Å². The molecule has 1 aliphatic carbocycles. The van der Waals surface area contributed by atoms with Crippen molar-refractivity contribution in [2.24, 2.45) is 0 Å². The summed E-state index contributed by atoms with van der Waals surface area (Å²) in [4.78, 5) is 0. The summed E-state index contributed by atoms with van der Waals surface area (Å²) in [5.41, 5.74) is 17.6. The van der Waals surface area contributed by atoms with E-state index in [1.807, 2.05) is 0 Å². The van der Waals surface area contributed by atoms with Crippen LogP contribution in [0.4, 0.5) is 0 Å². The molecule has 0 unspecified atom stereocenters. The summed E-state index contributed by atoms with van der Waals surface area (Å²) < 4.78 is 4.83. The molecule has 0 N–H and O–H groups in total. The number of para-hydroxylation sites is 3. The van der Waals surface area contributed by atoms with Crippen molar-refractivity contribution in [3.05, 3.63) is 193 Å². The molecule has 0 fully saturated rings. The van der Waals surface area contributed by atoms with Crippen molar-refractivity contribution in [2.75, 3.05) is 0 Å². The van der Waals surface area contributed by atoms with Gasteiger partial charge in [-0.05, 0) is 99.1 Å². The van der Waals surface area contributed by atoms with Gasteiger partial charge in [-0.1, -0.05) is 141 Å². The van der Waals surface area contributed by atoms with E-state index in [1.54, 1.807) is 0 Å². The third-order valence-electron chi connectivity index (χ3n) is 11.7. The van der Waals surface area contributed by atoms with Crippen LogP contribution < -0.4 is 0 Å². The van der Waals surface area contributed by atoms with E-state index in [4.69, 9.17) is 0 Å². The minimum absolute atomic E-state index is 0.0214. The van der Waals surface area contributed by atoms with Crippen LogP contribution in [0.5, 0.6) is 0 Å². The minimum Gasteiger partial charge on any atom is -0.309 e. The second-order valence-electron chi connectivity index (χ2n) is 15.0. The van der Waals surface area contributed by atoms with Crippen molar-refractivity contribution < 1.29 is 0 Å². The lowest BCUT2D eigenvalue weighted by atomic mass is 9.81. The van der Waals surface area contributed by atoms with Crippen molar-refractivity contribution >= 4 is 43.6 Å². The van der Waals surface area contributed by atoms with Crippen LogP contribution in [-0.4, -0.2) is 9.13 Å². The third kappa shape index (κ3) is 4.39. The lowest BCUT2D eigenvalue weighted by molar-refractivity contribution is 0.660. The highest BCUT2D eigenvalue weighted by molar-refractivity contribution is 6.12. The Morgan fingerprint density at radius 2 is 0.811 bits per heavy atom. The summed E-state index contributed by atoms with van der Waals surface area (Å²) >= 11 is 0. The first-order valence-electron chi connectivity index (χ1n) is 18.5. The van der Waals surface area contributed by atoms with E-state index < -0.39 is 0 Å². The molecule has 2 heteroatoms. The predicted octanol–water partition coefficient (Wildman–Crippen LogP) is 13.5. The standard InChI is InChI=1S/C51H36N2/c1-51(2)45-18-7-3-14-39(45)40-28-24-36(31-46(40)51)35-13-11-12-34(30-35)33-22-25-37(26-23-33)52-47-19-8-6-17-43(47)44-29-27-38(32-50(44)52)53-48-20-9-4-15-41(48)42-16-5-10-21-49(42)53/h3-32H,1-2H3. The van der Waals surface area contributed by atoms with Gasteiger partial charge in [-0.2, -0.15) is 0 Å². The molecule has 53 heavy (non-hydrogen) atoms. The van der Waals surface area contributed by atoms with Gasteiger partial charge in [0, 0.05) is 38.3 Å². The first kappa shape index (κ1) is 30.0. The topological polar surface area (TPSA) is 9.86 Å². The molecule has 2 heterocycles. The second kappa shape index (κ2) is 11.2. The van der Waals surface area contributed by atoms with Crippen LogP contribution in [0.2, 0.25) is 0 Å². The number of fused-ring (bicyclic) bond motifs is 9. The van der Waals surface area contributed by atoms with E-state index in [0.29, 0.717) is 0 Å². The number of aromatic nitrogens is 2. The van der Waals surface area contributed by atoms with Gasteiger partial charge in [0.15, 0.2) is 0 Å². The maximum Gasteiger partial charge on any atom is 0.0561 e. The maximum absolute atomic E-state index is 2.42. The van der Waals surface area contributed by atoms with E-state index in [0.717, 1.165) is 11.4 Å². The zero-order valence-electron chi connectivity index (χ0n) is 29.7. The highest BCUT2D eigenvalue weighted by atomic mass is 15.0. The van der Waals surface area contributed by atoms with Crippen molar-refractivity contribution in [1.82, 2.24) is 9.13 Å². The Morgan fingerprint density at radius 3 is 1.49 bits per heavy atom. The Morgan fingerprint density at radius 1 is 0.321 bits per heavy atom. The number of rotatable bonds is 4. The Hall–Kier alpha value is -6.64. The van der Waals surface area contributed by atoms with Crippen LogP contribution in [-0.2, 0) is 5.41 Å². The Labute approximate surface area is 308 Å². The summed E-state index contributed by atoms with van der Waals surface area (Å²) in [7, 11) is 0. The number of benzene rings is 8. The average molecular weight is 677 g/mol. The Bertz CT molecular complexity index is 3030. The number of hydrogen-bond donors (Lipinski definition) is 0. The fraction of sp³-hybridized carbons (Fsp3) is 0.0588. The predicted molar refractivity (Wildman–Crippen MR) is 224 cm³/mol. The SMILES string of the molecule is CC1(C)c2ccccc2-c2ccc(-c3cccc(-c4ccc(-n5c6ccccc6c6ccc(-n7c8ccccc8c8ccccc87)cc65)cc4)c3)cc21. The molecule has 0 saturated carbocycles. The highest BCUT2D eigenvalue weighted by Gasteiger charge is 2.35. The molecule has 0 aliphatic heterocycles. The molecule has 11 rings (SSSR count). The van der Waals surface area contributed by atoms with Gasteiger partial charge in [0.25, 0.3) is 0 Å².